The Morgan fingerprint density at radius 2 is 2.20 bits per heavy atom. The molecule has 0 bridgehead atoms. The van der Waals surface area contributed by atoms with Crippen LogP contribution >= 0.6 is 11.3 Å². The largest absolute Gasteiger partial charge is 0.465 e. The lowest BCUT2D eigenvalue weighted by Crippen LogP contribution is -2.16. The van der Waals surface area contributed by atoms with Gasteiger partial charge in [-0.25, -0.2) is 4.79 Å². The standard InChI is InChI=1S/C13H13N3O3S/c1-7-9(5-8(14)6-15-7)12(17)16-10-3-4-20-11(10)13(18)19-2/h3-6H,14H2,1-2H3,(H,16,17). The summed E-state index contributed by atoms with van der Waals surface area (Å²) in [7, 11) is 1.29. The molecule has 2 heterocycles. The van der Waals surface area contributed by atoms with Gasteiger partial charge in [0.25, 0.3) is 5.91 Å². The monoisotopic (exact) mass is 291 g/mol. The number of aromatic nitrogens is 1. The summed E-state index contributed by atoms with van der Waals surface area (Å²) >= 11 is 1.20. The predicted octanol–water partition coefficient (Wildman–Crippen LogP) is 2.07. The summed E-state index contributed by atoms with van der Waals surface area (Å²) in [6.45, 7) is 1.71. The molecule has 0 aliphatic heterocycles. The Balaban J connectivity index is 2.26. The molecule has 3 N–H and O–H groups in total. The summed E-state index contributed by atoms with van der Waals surface area (Å²) in [5.74, 6) is -0.858. The Labute approximate surface area is 119 Å². The van der Waals surface area contributed by atoms with Gasteiger partial charge in [-0.05, 0) is 24.4 Å². The van der Waals surface area contributed by atoms with Crippen molar-refractivity contribution in [3.63, 3.8) is 0 Å². The minimum Gasteiger partial charge on any atom is -0.465 e. The minimum absolute atomic E-state index is 0.343. The van der Waals surface area contributed by atoms with E-state index in [0.29, 0.717) is 27.5 Å². The maximum absolute atomic E-state index is 12.2. The van der Waals surface area contributed by atoms with Gasteiger partial charge in [-0.2, -0.15) is 0 Å². The number of anilines is 2. The molecule has 6 nitrogen and oxygen atoms in total. The molecule has 2 aromatic rings. The molecular formula is C13H13N3O3S. The molecular weight excluding hydrogens is 278 g/mol. The molecule has 2 rings (SSSR count). The Hall–Kier alpha value is -2.41. The second-order valence-corrected chi connectivity index (χ2v) is 4.93. The zero-order valence-electron chi connectivity index (χ0n) is 11.0. The first kappa shape index (κ1) is 14.0. The Morgan fingerprint density at radius 1 is 1.45 bits per heavy atom. The van der Waals surface area contributed by atoms with Crippen molar-refractivity contribution in [1.29, 1.82) is 0 Å². The topological polar surface area (TPSA) is 94.3 Å². The second kappa shape index (κ2) is 5.70. The highest BCUT2D eigenvalue weighted by Crippen LogP contribution is 2.24. The molecule has 20 heavy (non-hydrogen) atoms. The highest BCUT2D eigenvalue weighted by atomic mass is 32.1. The molecule has 0 unspecified atom stereocenters. The average Bonchev–Trinajstić information content (AvgIpc) is 2.88. The second-order valence-electron chi connectivity index (χ2n) is 4.01. The van der Waals surface area contributed by atoms with E-state index in [4.69, 9.17) is 5.73 Å². The number of nitrogens with zero attached hydrogens (tertiary/aromatic N) is 1. The SMILES string of the molecule is COC(=O)c1sccc1NC(=O)c1cc(N)cnc1C. The lowest BCUT2D eigenvalue weighted by atomic mass is 10.1. The molecule has 7 heteroatoms. The maximum atomic E-state index is 12.2. The number of ether oxygens (including phenoxy) is 1. The summed E-state index contributed by atoms with van der Waals surface area (Å²) in [6.07, 6.45) is 1.48. The fourth-order valence-corrected chi connectivity index (χ4v) is 2.39. The van der Waals surface area contributed by atoms with Crippen LogP contribution in [-0.2, 0) is 4.74 Å². The van der Waals surface area contributed by atoms with E-state index in [-0.39, 0.29) is 5.91 Å². The van der Waals surface area contributed by atoms with Gasteiger partial charge in [0.1, 0.15) is 4.88 Å². The van der Waals surface area contributed by atoms with Crippen LogP contribution in [0.15, 0.2) is 23.7 Å². The molecule has 0 aliphatic rings. The van der Waals surface area contributed by atoms with Crippen LogP contribution in [0.25, 0.3) is 0 Å². The highest BCUT2D eigenvalue weighted by molar-refractivity contribution is 7.12. The number of carbonyl (C=O) groups is 2. The van der Waals surface area contributed by atoms with E-state index in [2.05, 4.69) is 15.0 Å². The molecule has 0 fully saturated rings. The van der Waals surface area contributed by atoms with Crippen molar-refractivity contribution in [2.75, 3.05) is 18.2 Å². The van der Waals surface area contributed by atoms with Crippen molar-refractivity contribution in [2.45, 2.75) is 6.92 Å². The van der Waals surface area contributed by atoms with E-state index in [9.17, 15) is 9.59 Å². The number of nitrogens with one attached hydrogen (secondary N) is 1. The normalized spacial score (nSPS) is 10.1. The van der Waals surface area contributed by atoms with Crippen molar-refractivity contribution >= 4 is 34.6 Å². The number of esters is 1. The van der Waals surface area contributed by atoms with E-state index in [1.54, 1.807) is 24.4 Å². The van der Waals surface area contributed by atoms with Crippen LogP contribution in [0.1, 0.15) is 25.7 Å². The number of thiophene rings is 1. The number of pyridine rings is 1. The number of aryl methyl sites for hydroxylation is 1. The van der Waals surface area contributed by atoms with Gasteiger partial charge >= 0.3 is 5.97 Å². The van der Waals surface area contributed by atoms with Gasteiger partial charge in [-0.15, -0.1) is 11.3 Å². The van der Waals surface area contributed by atoms with Crippen molar-refractivity contribution in [1.82, 2.24) is 4.98 Å². The van der Waals surface area contributed by atoms with Crippen LogP contribution in [0.4, 0.5) is 11.4 Å². The van der Waals surface area contributed by atoms with Crippen LogP contribution < -0.4 is 11.1 Å². The van der Waals surface area contributed by atoms with Crippen LogP contribution in [0.5, 0.6) is 0 Å². The minimum atomic E-state index is -0.488. The van der Waals surface area contributed by atoms with Crippen molar-refractivity contribution < 1.29 is 14.3 Å². The molecule has 0 saturated heterocycles. The lowest BCUT2D eigenvalue weighted by Gasteiger charge is -2.08. The van der Waals surface area contributed by atoms with Crippen LogP contribution in [0.2, 0.25) is 0 Å². The van der Waals surface area contributed by atoms with Crippen LogP contribution in [0.3, 0.4) is 0 Å². The number of carbonyl (C=O) groups excluding carboxylic acids is 2. The third-order valence-corrected chi connectivity index (χ3v) is 3.53. The Morgan fingerprint density at radius 3 is 2.90 bits per heavy atom. The molecule has 1 amide bonds. The van der Waals surface area contributed by atoms with Gasteiger partial charge < -0.3 is 15.8 Å². The maximum Gasteiger partial charge on any atom is 0.350 e. The number of rotatable bonds is 3. The Kier molecular flexibility index (Phi) is 3.99. The summed E-state index contributed by atoms with van der Waals surface area (Å²) in [6, 6.07) is 3.19. The van der Waals surface area contributed by atoms with Gasteiger partial charge in [-0.1, -0.05) is 0 Å². The number of amides is 1. The van der Waals surface area contributed by atoms with E-state index in [1.165, 1.54) is 24.6 Å². The van der Waals surface area contributed by atoms with Gasteiger partial charge in [0.2, 0.25) is 0 Å². The number of hydrogen-bond donors (Lipinski definition) is 2. The Bertz CT molecular complexity index is 667. The van der Waals surface area contributed by atoms with Crippen LogP contribution in [0, 0.1) is 6.92 Å². The molecule has 0 radical (unpaired) electrons. The lowest BCUT2D eigenvalue weighted by molar-refractivity contribution is 0.0607. The summed E-state index contributed by atoms with van der Waals surface area (Å²) in [5.41, 5.74) is 7.37. The van der Waals surface area contributed by atoms with E-state index < -0.39 is 5.97 Å². The molecule has 2 aromatic heterocycles. The number of nitrogen functional groups attached to an aromatic ring is 1. The van der Waals surface area contributed by atoms with Crippen LogP contribution in [-0.4, -0.2) is 24.0 Å². The number of methoxy groups -OCH3 is 1. The summed E-state index contributed by atoms with van der Waals surface area (Å²) in [5, 5.41) is 4.37. The van der Waals surface area contributed by atoms with Gasteiger partial charge in [0.15, 0.2) is 0 Å². The van der Waals surface area contributed by atoms with Crippen molar-refractivity contribution in [3.05, 3.63) is 39.8 Å². The van der Waals surface area contributed by atoms with E-state index in [1.807, 2.05) is 0 Å². The smallest absolute Gasteiger partial charge is 0.350 e. The average molecular weight is 291 g/mol. The molecule has 0 atom stereocenters. The number of hydrogen-bond acceptors (Lipinski definition) is 6. The first-order valence-electron chi connectivity index (χ1n) is 5.72. The number of nitrogens with two attached hydrogens (primary N) is 1. The third kappa shape index (κ3) is 2.77. The molecule has 0 saturated carbocycles. The van der Waals surface area contributed by atoms with E-state index in [0.717, 1.165) is 0 Å². The quantitative estimate of drug-likeness (QED) is 0.844. The van der Waals surface area contributed by atoms with Gasteiger partial charge in [0, 0.05) is 0 Å². The first-order chi connectivity index (χ1) is 9.52. The summed E-state index contributed by atoms with van der Waals surface area (Å²) < 4.78 is 4.65. The first-order valence-corrected chi connectivity index (χ1v) is 6.60. The van der Waals surface area contributed by atoms with Crippen molar-refractivity contribution in [2.24, 2.45) is 0 Å². The van der Waals surface area contributed by atoms with Crippen molar-refractivity contribution in [3.8, 4) is 0 Å². The zero-order valence-corrected chi connectivity index (χ0v) is 11.8. The molecule has 104 valence electrons. The fourth-order valence-electron chi connectivity index (χ4n) is 1.63. The van der Waals surface area contributed by atoms with Gasteiger partial charge in [0.05, 0.1) is 35.9 Å². The third-order valence-electron chi connectivity index (χ3n) is 2.64. The predicted molar refractivity (Wildman–Crippen MR) is 77.0 cm³/mol. The molecule has 0 aromatic carbocycles. The van der Waals surface area contributed by atoms with Gasteiger partial charge in [-0.3, -0.25) is 9.78 Å². The molecule has 0 spiro atoms. The zero-order chi connectivity index (χ0) is 14.7. The van der Waals surface area contributed by atoms with E-state index >= 15 is 0 Å². The highest BCUT2D eigenvalue weighted by Gasteiger charge is 2.17. The fraction of sp³-hybridized carbons (Fsp3) is 0.154. The summed E-state index contributed by atoms with van der Waals surface area (Å²) in [4.78, 5) is 28.1. The molecule has 0 aliphatic carbocycles.